The number of alkyl halides is 3. The lowest BCUT2D eigenvalue weighted by Crippen LogP contribution is -2.49. The zero-order valence-corrected chi connectivity index (χ0v) is 17.7. The highest BCUT2D eigenvalue weighted by atomic mass is 32.2. The molecule has 0 unspecified atom stereocenters. The van der Waals surface area contributed by atoms with E-state index in [1.807, 2.05) is 6.07 Å². The maximum atomic E-state index is 13.0. The number of hydrogen-bond donors (Lipinski definition) is 1. The lowest BCUT2D eigenvalue weighted by atomic mass is 10.0. The number of nitrogens with one attached hydrogen (secondary N) is 1. The van der Waals surface area contributed by atoms with Crippen LogP contribution in [0.1, 0.15) is 11.1 Å². The number of anilines is 1. The molecule has 1 aliphatic rings. The molecule has 0 spiro atoms. The summed E-state index contributed by atoms with van der Waals surface area (Å²) >= 11 is 0. The predicted octanol–water partition coefficient (Wildman–Crippen LogP) is 2.69. The molecule has 1 amide bonds. The van der Waals surface area contributed by atoms with Crippen LogP contribution in [0.4, 0.5) is 18.9 Å². The number of carbonyl (C=O) groups excluding carboxylic acids is 1. The summed E-state index contributed by atoms with van der Waals surface area (Å²) in [4.78, 5) is 11.9. The lowest BCUT2D eigenvalue weighted by molar-refractivity contribution is -0.186. The van der Waals surface area contributed by atoms with Crippen LogP contribution in [-0.4, -0.2) is 52.2 Å². The van der Waals surface area contributed by atoms with E-state index in [1.54, 1.807) is 0 Å². The Morgan fingerprint density at radius 1 is 1.25 bits per heavy atom. The van der Waals surface area contributed by atoms with Crippen LogP contribution in [0, 0.1) is 11.3 Å². The minimum absolute atomic E-state index is 0.0606. The summed E-state index contributed by atoms with van der Waals surface area (Å²) in [5.41, 5.74) is 0.785. The molecule has 32 heavy (non-hydrogen) atoms. The predicted molar refractivity (Wildman–Crippen MR) is 107 cm³/mol. The van der Waals surface area contributed by atoms with E-state index in [-0.39, 0.29) is 40.7 Å². The zero-order chi connectivity index (χ0) is 23.7. The number of methoxy groups -OCH3 is 1. The number of hydrogen-bond acceptors (Lipinski definition) is 6. The summed E-state index contributed by atoms with van der Waals surface area (Å²) in [5, 5.41) is 8.86. The van der Waals surface area contributed by atoms with E-state index < -0.39 is 28.1 Å². The van der Waals surface area contributed by atoms with E-state index in [9.17, 15) is 26.4 Å². The van der Waals surface area contributed by atoms with Crippen LogP contribution in [0.15, 0.2) is 41.3 Å². The molecule has 2 aromatic rings. The molecule has 0 aliphatic carbocycles. The van der Waals surface area contributed by atoms with Gasteiger partial charge in [0.15, 0.2) is 0 Å². The number of ether oxygens (including phenoxy) is 2. The van der Waals surface area contributed by atoms with Crippen LogP contribution in [0.5, 0.6) is 11.5 Å². The van der Waals surface area contributed by atoms with Crippen LogP contribution in [0.3, 0.4) is 0 Å². The highest BCUT2D eigenvalue weighted by Gasteiger charge is 2.44. The molecule has 0 saturated carbocycles. The van der Waals surface area contributed by atoms with Gasteiger partial charge < -0.3 is 14.4 Å². The quantitative estimate of drug-likeness (QED) is 0.721. The summed E-state index contributed by atoms with van der Waals surface area (Å²) in [6.45, 7) is -0.335. The van der Waals surface area contributed by atoms with Crippen LogP contribution in [0.25, 0.3) is 0 Å². The number of carbonyl (C=O) groups is 1. The van der Waals surface area contributed by atoms with Gasteiger partial charge in [0.25, 0.3) is 10.0 Å². The molecule has 0 saturated heterocycles. The van der Waals surface area contributed by atoms with Crippen molar-refractivity contribution in [2.24, 2.45) is 0 Å². The van der Waals surface area contributed by atoms with Gasteiger partial charge in [0.1, 0.15) is 23.0 Å². The van der Waals surface area contributed by atoms with Crippen LogP contribution in [0.2, 0.25) is 0 Å². The third-order valence-corrected chi connectivity index (χ3v) is 6.33. The summed E-state index contributed by atoms with van der Waals surface area (Å²) < 4.78 is 77.5. The molecule has 170 valence electrons. The second kappa shape index (κ2) is 8.58. The van der Waals surface area contributed by atoms with E-state index in [0.717, 1.165) is 7.05 Å². The summed E-state index contributed by atoms with van der Waals surface area (Å²) in [6.07, 6.45) is -5.15. The second-order valence-corrected chi connectivity index (χ2v) is 8.60. The minimum atomic E-state index is -5.05. The molecule has 0 bridgehead atoms. The molecule has 0 fully saturated rings. The van der Waals surface area contributed by atoms with Crippen molar-refractivity contribution >= 4 is 21.6 Å². The van der Waals surface area contributed by atoms with Crippen molar-refractivity contribution in [3.8, 4) is 17.6 Å². The minimum Gasteiger partial charge on any atom is -0.496 e. The average Bonchev–Trinajstić information content (AvgIpc) is 2.76. The average molecular weight is 469 g/mol. The van der Waals surface area contributed by atoms with E-state index in [4.69, 9.17) is 14.7 Å². The first-order valence-electron chi connectivity index (χ1n) is 9.17. The number of nitrogens with zero attached hydrogens (tertiary/aromatic N) is 2. The molecule has 3 rings (SSSR count). The molecular weight excluding hydrogens is 451 g/mol. The van der Waals surface area contributed by atoms with Crippen molar-refractivity contribution in [2.45, 2.75) is 23.5 Å². The third kappa shape index (κ3) is 4.57. The van der Waals surface area contributed by atoms with Gasteiger partial charge in [-0.15, -0.1) is 0 Å². The highest BCUT2D eigenvalue weighted by Crippen LogP contribution is 2.40. The number of amides is 1. The van der Waals surface area contributed by atoms with Gasteiger partial charge in [0.2, 0.25) is 0 Å². The third-order valence-electron chi connectivity index (χ3n) is 4.93. The molecule has 8 nitrogen and oxygen atoms in total. The van der Waals surface area contributed by atoms with Crippen molar-refractivity contribution in [2.75, 3.05) is 25.5 Å². The number of fused-ring (bicyclic) bond motifs is 1. The molecule has 1 heterocycles. The highest BCUT2D eigenvalue weighted by molar-refractivity contribution is 7.92. The first kappa shape index (κ1) is 23.2. The van der Waals surface area contributed by atoms with Gasteiger partial charge in [-0.05, 0) is 36.4 Å². The Kier molecular flexibility index (Phi) is 6.23. The first-order chi connectivity index (χ1) is 15.0. The molecule has 1 aliphatic heterocycles. The van der Waals surface area contributed by atoms with Crippen LogP contribution in [-0.2, 0) is 21.2 Å². The molecule has 1 N–H and O–H groups in total. The van der Waals surface area contributed by atoms with Gasteiger partial charge in [-0.3, -0.25) is 9.52 Å². The Labute approximate surface area is 182 Å². The van der Waals surface area contributed by atoms with Crippen molar-refractivity contribution in [3.05, 3.63) is 47.5 Å². The van der Waals surface area contributed by atoms with Gasteiger partial charge in [0, 0.05) is 24.7 Å². The van der Waals surface area contributed by atoms with E-state index in [2.05, 4.69) is 4.72 Å². The van der Waals surface area contributed by atoms with Crippen molar-refractivity contribution in [3.63, 3.8) is 0 Å². The summed E-state index contributed by atoms with van der Waals surface area (Å²) in [7, 11) is -1.82. The maximum absolute atomic E-state index is 13.0. The number of benzene rings is 2. The van der Waals surface area contributed by atoms with Gasteiger partial charge in [0.05, 0.1) is 24.8 Å². The Hall–Kier alpha value is -3.46. The van der Waals surface area contributed by atoms with Crippen molar-refractivity contribution in [1.29, 1.82) is 5.26 Å². The standard InChI is InChI=1S/C20H18F3N3O5S/c1-26(19(27)20(21,22)23)14-9-15-16(30-2)7-8-17(18(15)31-11-14)32(28,29)25-13-5-3-12(10-24)4-6-13/h3-8,14,25H,9,11H2,1-2H3/t14-/m1/s1. The summed E-state index contributed by atoms with van der Waals surface area (Å²) in [5.74, 6) is -1.87. The van der Waals surface area contributed by atoms with E-state index in [1.165, 1.54) is 43.5 Å². The molecule has 12 heteroatoms. The van der Waals surface area contributed by atoms with Crippen LogP contribution < -0.4 is 14.2 Å². The Morgan fingerprint density at radius 2 is 1.91 bits per heavy atom. The monoisotopic (exact) mass is 469 g/mol. The lowest BCUT2D eigenvalue weighted by Gasteiger charge is -2.34. The Bertz CT molecular complexity index is 1170. The molecule has 2 aromatic carbocycles. The number of rotatable bonds is 5. The van der Waals surface area contributed by atoms with E-state index in [0.29, 0.717) is 10.5 Å². The Morgan fingerprint density at radius 3 is 2.47 bits per heavy atom. The summed E-state index contributed by atoms with van der Waals surface area (Å²) in [6, 6.07) is 9.28. The number of nitriles is 1. The van der Waals surface area contributed by atoms with Gasteiger partial charge in [-0.1, -0.05) is 0 Å². The smallest absolute Gasteiger partial charge is 0.471 e. The fourth-order valence-corrected chi connectivity index (χ4v) is 4.48. The Balaban J connectivity index is 1.94. The largest absolute Gasteiger partial charge is 0.496 e. The van der Waals surface area contributed by atoms with E-state index >= 15 is 0 Å². The van der Waals surface area contributed by atoms with Gasteiger partial charge >= 0.3 is 12.1 Å². The molecule has 0 aromatic heterocycles. The normalized spacial score (nSPS) is 15.7. The fraction of sp³-hybridized carbons (Fsp3) is 0.300. The molecule has 1 atom stereocenters. The van der Waals surface area contributed by atoms with Gasteiger partial charge in [-0.25, -0.2) is 8.42 Å². The SMILES string of the molecule is COc1ccc(S(=O)(=O)Nc2ccc(C#N)cc2)c2c1C[C@@H](N(C)C(=O)C(F)(F)F)CO2. The fourth-order valence-electron chi connectivity index (χ4n) is 3.25. The number of sulfonamides is 1. The van der Waals surface area contributed by atoms with Gasteiger partial charge in [-0.2, -0.15) is 18.4 Å². The zero-order valence-electron chi connectivity index (χ0n) is 16.9. The molecular formula is C20H18F3N3O5S. The first-order valence-corrected chi connectivity index (χ1v) is 10.7. The van der Waals surface area contributed by atoms with Crippen molar-refractivity contribution < 1.29 is 35.9 Å². The topological polar surface area (TPSA) is 109 Å². The maximum Gasteiger partial charge on any atom is 0.471 e. The number of likely N-dealkylation sites (N-methyl/N-ethyl adjacent to an activating group) is 1. The van der Waals surface area contributed by atoms with Crippen molar-refractivity contribution in [1.82, 2.24) is 4.90 Å². The molecule has 0 radical (unpaired) electrons. The number of halogens is 3. The second-order valence-electron chi connectivity index (χ2n) is 6.95. The van der Waals surface area contributed by atoms with Crippen LogP contribution >= 0.6 is 0 Å².